The predicted octanol–water partition coefficient (Wildman–Crippen LogP) is 2.04. The van der Waals surface area contributed by atoms with Gasteiger partial charge in [0.2, 0.25) is 5.95 Å². The Labute approximate surface area is 95.3 Å². The molecule has 1 atom stereocenters. The maximum Gasteiger partial charge on any atom is 0.243 e. The monoisotopic (exact) mass is 226 g/mol. The maximum absolute atomic E-state index is 4.33. The standard InChI is InChI=1S/C10H18N4S/c1-7(5-6-15-4)11-10-12-8(2)9(3)13-14-10/h7H,5-6H2,1-4H3,(H,11,12,14). The molecule has 84 valence electrons. The first-order chi connectivity index (χ1) is 7.13. The first-order valence-electron chi connectivity index (χ1n) is 5.07. The zero-order chi connectivity index (χ0) is 11.3. The van der Waals surface area contributed by atoms with Crippen molar-refractivity contribution < 1.29 is 0 Å². The Kier molecular flexibility index (Phi) is 4.81. The van der Waals surface area contributed by atoms with E-state index in [2.05, 4.69) is 33.7 Å². The highest BCUT2D eigenvalue weighted by Gasteiger charge is 2.05. The number of nitrogens with one attached hydrogen (secondary N) is 1. The van der Waals surface area contributed by atoms with Gasteiger partial charge in [-0.25, -0.2) is 4.98 Å². The number of thioether (sulfide) groups is 1. The molecule has 1 aromatic rings. The van der Waals surface area contributed by atoms with Crippen LogP contribution >= 0.6 is 11.8 Å². The molecule has 0 saturated heterocycles. The van der Waals surface area contributed by atoms with Gasteiger partial charge in [-0.2, -0.15) is 16.9 Å². The van der Waals surface area contributed by atoms with E-state index >= 15 is 0 Å². The van der Waals surface area contributed by atoms with E-state index in [1.165, 1.54) is 0 Å². The van der Waals surface area contributed by atoms with Crippen molar-refractivity contribution in [1.29, 1.82) is 0 Å². The van der Waals surface area contributed by atoms with Gasteiger partial charge >= 0.3 is 0 Å². The summed E-state index contributed by atoms with van der Waals surface area (Å²) in [6, 6.07) is 0.390. The molecule has 0 aliphatic carbocycles. The molecule has 0 fully saturated rings. The van der Waals surface area contributed by atoms with Crippen molar-refractivity contribution in [2.24, 2.45) is 0 Å². The second-order valence-electron chi connectivity index (χ2n) is 3.63. The van der Waals surface area contributed by atoms with Gasteiger partial charge in [-0.05, 0) is 39.2 Å². The minimum Gasteiger partial charge on any atom is -0.350 e. The highest BCUT2D eigenvalue weighted by atomic mass is 32.2. The summed E-state index contributed by atoms with van der Waals surface area (Å²) >= 11 is 1.85. The smallest absolute Gasteiger partial charge is 0.243 e. The van der Waals surface area contributed by atoms with Crippen LogP contribution in [0.1, 0.15) is 24.7 Å². The number of aromatic nitrogens is 3. The quantitative estimate of drug-likeness (QED) is 0.832. The highest BCUT2D eigenvalue weighted by Crippen LogP contribution is 2.07. The van der Waals surface area contributed by atoms with Gasteiger partial charge in [0.1, 0.15) is 0 Å². The maximum atomic E-state index is 4.33. The molecule has 0 aliphatic heterocycles. The highest BCUT2D eigenvalue weighted by molar-refractivity contribution is 7.98. The van der Waals surface area contributed by atoms with Crippen molar-refractivity contribution in [3.8, 4) is 0 Å². The molecule has 0 amide bonds. The molecular formula is C10H18N4S. The third-order valence-electron chi connectivity index (χ3n) is 2.22. The van der Waals surface area contributed by atoms with Crippen LogP contribution in [0.15, 0.2) is 0 Å². The Morgan fingerprint density at radius 1 is 1.27 bits per heavy atom. The summed E-state index contributed by atoms with van der Waals surface area (Å²) in [5, 5.41) is 11.3. The number of nitrogens with zero attached hydrogens (tertiary/aromatic N) is 3. The summed E-state index contributed by atoms with van der Waals surface area (Å²) in [6.45, 7) is 5.99. The van der Waals surface area contributed by atoms with Crippen LogP contribution in [0.25, 0.3) is 0 Å². The van der Waals surface area contributed by atoms with Gasteiger partial charge in [0, 0.05) is 6.04 Å². The van der Waals surface area contributed by atoms with E-state index < -0.39 is 0 Å². The molecule has 4 nitrogen and oxygen atoms in total. The minimum absolute atomic E-state index is 0.390. The fourth-order valence-electron chi connectivity index (χ4n) is 1.11. The topological polar surface area (TPSA) is 50.7 Å². The van der Waals surface area contributed by atoms with Crippen molar-refractivity contribution >= 4 is 17.7 Å². The molecule has 5 heteroatoms. The second kappa shape index (κ2) is 5.90. The number of hydrogen-bond donors (Lipinski definition) is 1. The van der Waals surface area contributed by atoms with Crippen molar-refractivity contribution in [3.63, 3.8) is 0 Å². The molecule has 1 unspecified atom stereocenters. The lowest BCUT2D eigenvalue weighted by Crippen LogP contribution is -2.18. The van der Waals surface area contributed by atoms with E-state index in [9.17, 15) is 0 Å². The van der Waals surface area contributed by atoms with Crippen LogP contribution < -0.4 is 5.32 Å². The van der Waals surface area contributed by atoms with Crippen LogP contribution in [0.2, 0.25) is 0 Å². The van der Waals surface area contributed by atoms with E-state index in [4.69, 9.17) is 0 Å². The molecule has 0 saturated carbocycles. The van der Waals surface area contributed by atoms with E-state index in [1.807, 2.05) is 25.6 Å². The Hall–Kier alpha value is -0.840. The number of rotatable bonds is 5. The third kappa shape index (κ3) is 4.03. The van der Waals surface area contributed by atoms with Crippen molar-refractivity contribution in [3.05, 3.63) is 11.4 Å². The fourth-order valence-corrected chi connectivity index (χ4v) is 1.69. The van der Waals surface area contributed by atoms with Gasteiger partial charge in [0.25, 0.3) is 0 Å². The minimum atomic E-state index is 0.390. The summed E-state index contributed by atoms with van der Waals surface area (Å²) < 4.78 is 0. The summed E-state index contributed by atoms with van der Waals surface area (Å²) in [7, 11) is 0. The molecule has 1 heterocycles. The van der Waals surface area contributed by atoms with Gasteiger partial charge in [0.05, 0.1) is 11.4 Å². The van der Waals surface area contributed by atoms with Gasteiger partial charge < -0.3 is 5.32 Å². The first kappa shape index (κ1) is 12.2. The average Bonchev–Trinajstić information content (AvgIpc) is 2.20. The molecule has 1 N–H and O–H groups in total. The second-order valence-corrected chi connectivity index (χ2v) is 4.62. The SMILES string of the molecule is CSCCC(C)Nc1nnc(C)c(C)n1. The largest absolute Gasteiger partial charge is 0.350 e. The van der Waals surface area contributed by atoms with Crippen LogP contribution in [-0.2, 0) is 0 Å². The Morgan fingerprint density at radius 3 is 2.60 bits per heavy atom. The van der Waals surface area contributed by atoms with E-state index in [-0.39, 0.29) is 0 Å². The van der Waals surface area contributed by atoms with Crippen LogP contribution in [0.5, 0.6) is 0 Å². The lowest BCUT2D eigenvalue weighted by Gasteiger charge is -2.12. The van der Waals surface area contributed by atoms with Crippen LogP contribution in [0.3, 0.4) is 0 Å². The van der Waals surface area contributed by atoms with Gasteiger partial charge in [-0.1, -0.05) is 0 Å². The molecular weight excluding hydrogens is 208 g/mol. The van der Waals surface area contributed by atoms with E-state index in [0.29, 0.717) is 12.0 Å². The lowest BCUT2D eigenvalue weighted by molar-refractivity contribution is 0.747. The van der Waals surface area contributed by atoms with Crippen molar-refractivity contribution in [1.82, 2.24) is 15.2 Å². The Balaban J connectivity index is 2.53. The summed E-state index contributed by atoms with van der Waals surface area (Å²) in [5.74, 6) is 1.78. The zero-order valence-corrected chi connectivity index (χ0v) is 10.6. The van der Waals surface area contributed by atoms with Crippen molar-refractivity contribution in [2.45, 2.75) is 33.2 Å². The van der Waals surface area contributed by atoms with Gasteiger partial charge in [-0.15, -0.1) is 5.10 Å². The molecule has 0 radical (unpaired) electrons. The molecule has 1 rings (SSSR count). The number of aryl methyl sites for hydroxylation is 2. The fraction of sp³-hybridized carbons (Fsp3) is 0.700. The van der Waals surface area contributed by atoms with Crippen LogP contribution in [0, 0.1) is 13.8 Å². The average molecular weight is 226 g/mol. The molecule has 0 aliphatic rings. The number of anilines is 1. The zero-order valence-electron chi connectivity index (χ0n) is 9.74. The van der Waals surface area contributed by atoms with E-state index in [1.54, 1.807) is 0 Å². The Morgan fingerprint density at radius 2 is 2.00 bits per heavy atom. The van der Waals surface area contributed by atoms with Crippen LogP contribution in [0.4, 0.5) is 5.95 Å². The van der Waals surface area contributed by atoms with Gasteiger partial charge in [0.15, 0.2) is 0 Å². The van der Waals surface area contributed by atoms with Crippen LogP contribution in [-0.4, -0.2) is 33.2 Å². The summed E-state index contributed by atoms with van der Waals surface area (Å²) in [5.41, 5.74) is 1.82. The van der Waals surface area contributed by atoms with Gasteiger partial charge in [-0.3, -0.25) is 0 Å². The molecule has 0 aromatic carbocycles. The third-order valence-corrected chi connectivity index (χ3v) is 2.87. The molecule has 0 spiro atoms. The van der Waals surface area contributed by atoms with E-state index in [0.717, 1.165) is 23.6 Å². The summed E-state index contributed by atoms with van der Waals surface area (Å²) in [6.07, 6.45) is 3.22. The Bertz CT molecular complexity index is 316. The molecule has 1 aromatic heterocycles. The molecule has 0 bridgehead atoms. The lowest BCUT2D eigenvalue weighted by atomic mass is 10.3. The normalized spacial score (nSPS) is 12.5. The summed E-state index contributed by atoms with van der Waals surface area (Å²) in [4.78, 5) is 4.33. The predicted molar refractivity (Wildman–Crippen MR) is 65.4 cm³/mol. The number of hydrogen-bond acceptors (Lipinski definition) is 5. The van der Waals surface area contributed by atoms with Crippen molar-refractivity contribution in [2.75, 3.05) is 17.3 Å². The molecule has 15 heavy (non-hydrogen) atoms. The first-order valence-corrected chi connectivity index (χ1v) is 6.46.